The van der Waals surface area contributed by atoms with Gasteiger partial charge in [0.05, 0.1) is 11.6 Å². The molecule has 102 valence electrons. The quantitative estimate of drug-likeness (QED) is 0.806. The minimum Gasteiger partial charge on any atom is -0.475 e. The van der Waals surface area contributed by atoms with Gasteiger partial charge >= 0.3 is 0 Å². The third kappa shape index (κ3) is 4.33. The zero-order valence-electron chi connectivity index (χ0n) is 11.7. The second-order valence-corrected chi connectivity index (χ2v) is 5.28. The fourth-order valence-electron chi connectivity index (χ4n) is 1.38. The molecule has 1 rings (SSSR count). The molecule has 1 N–H and O–H groups in total. The van der Waals surface area contributed by atoms with Crippen LogP contribution in [0.5, 0.6) is 5.88 Å². The van der Waals surface area contributed by atoms with Crippen molar-refractivity contribution in [2.75, 3.05) is 11.2 Å². The number of hydrogen-bond acceptors (Lipinski definition) is 4. The summed E-state index contributed by atoms with van der Waals surface area (Å²) in [6, 6.07) is 1.83. The van der Waals surface area contributed by atoms with Gasteiger partial charge in [0, 0.05) is 17.6 Å². The molecule has 5 heteroatoms. The molecular weight excluding hydrogens is 250 g/mol. The zero-order chi connectivity index (χ0) is 13.8. The van der Waals surface area contributed by atoms with Gasteiger partial charge in [-0.25, -0.2) is 4.98 Å². The van der Waals surface area contributed by atoms with Crippen LogP contribution in [0.15, 0.2) is 6.07 Å². The van der Waals surface area contributed by atoms with Crippen molar-refractivity contribution in [3.05, 3.63) is 11.8 Å². The number of hydrogen-bond donors (Lipinski definition) is 1. The fourth-order valence-corrected chi connectivity index (χ4v) is 1.64. The van der Waals surface area contributed by atoms with Gasteiger partial charge < -0.3 is 10.1 Å². The van der Waals surface area contributed by atoms with Crippen LogP contribution in [0.2, 0.25) is 0 Å². The summed E-state index contributed by atoms with van der Waals surface area (Å²) in [7, 11) is 0. The molecule has 0 saturated carbocycles. The second kappa shape index (κ2) is 6.23. The van der Waals surface area contributed by atoms with Gasteiger partial charge in [-0.15, -0.1) is 11.6 Å². The smallest absolute Gasteiger partial charge is 0.226 e. The van der Waals surface area contributed by atoms with Gasteiger partial charge in [-0.05, 0) is 34.1 Å². The third-order valence-corrected chi connectivity index (χ3v) is 3.27. The molecule has 0 spiro atoms. The van der Waals surface area contributed by atoms with Crippen molar-refractivity contribution < 1.29 is 4.74 Å². The van der Waals surface area contributed by atoms with Gasteiger partial charge in [-0.3, -0.25) is 0 Å². The molecule has 4 nitrogen and oxygen atoms in total. The number of aromatic nitrogens is 2. The first-order valence-corrected chi connectivity index (χ1v) is 6.78. The molecule has 0 aliphatic carbocycles. The lowest BCUT2D eigenvalue weighted by atomic mass is 10.0. The van der Waals surface area contributed by atoms with Crippen LogP contribution in [0, 0.1) is 6.92 Å². The summed E-state index contributed by atoms with van der Waals surface area (Å²) in [5.74, 6) is 1.66. The van der Waals surface area contributed by atoms with Crippen molar-refractivity contribution in [3.63, 3.8) is 0 Å². The summed E-state index contributed by atoms with van der Waals surface area (Å²) >= 11 is 5.97. The van der Waals surface area contributed by atoms with Crippen LogP contribution in [-0.2, 0) is 0 Å². The molecule has 1 aromatic rings. The van der Waals surface area contributed by atoms with E-state index in [9.17, 15) is 0 Å². The van der Waals surface area contributed by atoms with Crippen LogP contribution in [-0.4, -0.2) is 27.5 Å². The molecule has 0 aliphatic rings. The topological polar surface area (TPSA) is 47.0 Å². The predicted molar refractivity (Wildman–Crippen MR) is 75.6 cm³/mol. The number of ether oxygens (including phenoxy) is 1. The van der Waals surface area contributed by atoms with Crippen LogP contribution in [0.3, 0.4) is 0 Å². The van der Waals surface area contributed by atoms with Gasteiger partial charge in [0.2, 0.25) is 11.8 Å². The molecule has 0 aromatic carbocycles. The van der Waals surface area contributed by atoms with E-state index < -0.39 is 0 Å². The number of aryl methyl sites for hydroxylation is 1. The molecule has 0 radical (unpaired) electrons. The summed E-state index contributed by atoms with van der Waals surface area (Å²) in [5.41, 5.74) is 0.668. The van der Waals surface area contributed by atoms with Crippen molar-refractivity contribution >= 4 is 17.5 Å². The highest BCUT2D eigenvalue weighted by Crippen LogP contribution is 2.20. The molecule has 1 unspecified atom stereocenters. The van der Waals surface area contributed by atoms with Crippen molar-refractivity contribution in [3.8, 4) is 5.88 Å². The SMILES string of the molecule is CCC(C)(CCl)Nc1nc(C)cc(OC(C)C)n1. The standard InChI is InChI=1S/C13H22ClN3O/c1-6-13(5,8-14)17-12-15-10(4)7-11(16-12)18-9(2)3/h7,9H,6,8H2,1-5H3,(H,15,16,17). The summed E-state index contributed by atoms with van der Waals surface area (Å²) in [6.07, 6.45) is 0.992. The maximum atomic E-state index is 5.97. The highest BCUT2D eigenvalue weighted by molar-refractivity contribution is 6.18. The summed E-state index contributed by atoms with van der Waals surface area (Å²) < 4.78 is 5.59. The molecule has 0 fully saturated rings. The average molecular weight is 272 g/mol. The van der Waals surface area contributed by atoms with E-state index in [2.05, 4.69) is 29.1 Å². The van der Waals surface area contributed by atoms with Gasteiger partial charge in [-0.2, -0.15) is 4.98 Å². The zero-order valence-corrected chi connectivity index (χ0v) is 12.5. The molecule has 18 heavy (non-hydrogen) atoms. The predicted octanol–water partition coefficient (Wildman–Crippen LogP) is 3.39. The lowest BCUT2D eigenvalue weighted by Crippen LogP contribution is -2.36. The van der Waals surface area contributed by atoms with Crippen LogP contribution in [0.25, 0.3) is 0 Å². The van der Waals surface area contributed by atoms with E-state index in [1.807, 2.05) is 26.8 Å². The highest BCUT2D eigenvalue weighted by atomic mass is 35.5. The Bertz CT molecular complexity index is 392. The average Bonchev–Trinajstić information content (AvgIpc) is 2.27. The summed E-state index contributed by atoms with van der Waals surface area (Å²) in [4.78, 5) is 8.71. The van der Waals surface area contributed by atoms with Crippen molar-refractivity contribution in [1.82, 2.24) is 9.97 Å². The number of anilines is 1. The normalized spacial score (nSPS) is 14.4. The van der Waals surface area contributed by atoms with E-state index in [1.54, 1.807) is 0 Å². The first-order chi connectivity index (χ1) is 8.38. The summed E-state index contributed by atoms with van der Waals surface area (Å²) in [6.45, 7) is 9.99. The van der Waals surface area contributed by atoms with E-state index >= 15 is 0 Å². The first-order valence-electron chi connectivity index (χ1n) is 6.25. The van der Waals surface area contributed by atoms with E-state index in [4.69, 9.17) is 16.3 Å². The highest BCUT2D eigenvalue weighted by Gasteiger charge is 2.22. The Kier molecular flexibility index (Phi) is 5.20. The Hall–Kier alpha value is -1.03. The van der Waals surface area contributed by atoms with Crippen LogP contribution in [0.1, 0.15) is 39.8 Å². The molecule has 0 saturated heterocycles. The number of rotatable bonds is 6. The maximum Gasteiger partial charge on any atom is 0.226 e. The van der Waals surface area contributed by atoms with E-state index in [1.165, 1.54) is 0 Å². The van der Waals surface area contributed by atoms with E-state index in [0.29, 0.717) is 17.7 Å². The molecule has 0 bridgehead atoms. The molecule has 0 amide bonds. The van der Waals surface area contributed by atoms with Gasteiger partial charge in [0.1, 0.15) is 0 Å². The Morgan fingerprint density at radius 1 is 1.44 bits per heavy atom. The minimum atomic E-state index is -0.204. The molecular formula is C13H22ClN3O. The molecule has 1 heterocycles. The first kappa shape index (κ1) is 15.0. The minimum absolute atomic E-state index is 0.0951. The Labute approximate surface area is 114 Å². The van der Waals surface area contributed by atoms with Gasteiger partial charge in [-0.1, -0.05) is 6.92 Å². The lowest BCUT2D eigenvalue weighted by molar-refractivity contribution is 0.232. The van der Waals surface area contributed by atoms with E-state index in [0.717, 1.165) is 12.1 Å². The van der Waals surface area contributed by atoms with Crippen molar-refractivity contribution in [1.29, 1.82) is 0 Å². The summed E-state index contributed by atoms with van der Waals surface area (Å²) in [5, 5.41) is 3.28. The maximum absolute atomic E-state index is 5.97. The number of nitrogens with one attached hydrogen (secondary N) is 1. The lowest BCUT2D eigenvalue weighted by Gasteiger charge is -2.27. The number of halogens is 1. The molecule has 1 aromatic heterocycles. The fraction of sp³-hybridized carbons (Fsp3) is 0.692. The Balaban J connectivity index is 2.92. The molecule has 0 aliphatic heterocycles. The van der Waals surface area contributed by atoms with Crippen LogP contribution in [0.4, 0.5) is 5.95 Å². The third-order valence-electron chi connectivity index (χ3n) is 2.68. The van der Waals surface area contributed by atoms with Crippen molar-refractivity contribution in [2.45, 2.75) is 52.7 Å². The Morgan fingerprint density at radius 2 is 2.11 bits per heavy atom. The number of alkyl halides is 1. The van der Waals surface area contributed by atoms with Crippen LogP contribution >= 0.6 is 11.6 Å². The Morgan fingerprint density at radius 3 is 2.61 bits per heavy atom. The molecule has 1 atom stereocenters. The van der Waals surface area contributed by atoms with E-state index in [-0.39, 0.29) is 11.6 Å². The largest absolute Gasteiger partial charge is 0.475 e. The van der Waals surface area contributed by atoms with Crippen molar-refractivity contribution in [2.24, 2.45) is 0 Å². The second-order valence-electron chi connectivity index (χ2n) is 5.01. The van der Waals surface area contributed by atoms with Crippen LogP contribution < -0.4 is 10.1 Å². The van der Waals surface area contributed by atoms with Gasteiger partial charge in [0.15, 0.2) is 0 Å². The number of nitrogens with zero attached hydrogens (tertiary/aromatic N) is 2. The monoisotopic (exact) mass is 271 g/mol. The van der Waals surface area contributed by atoms with Gasteiger partial charge in [0.25, 0.3) is 0 Å².